The van der Waals surface area contributed by atoms with Crippen LogP contribution in [0.25, 0.3) is 0 Å². The Morgan fingerprint density at radius 3 is 1.25 bits per heavy atom. The first-order valence-corrected chi connectivity index (χ1v) is 12.3. The van der Waals surface area contributed by atoms with Gasteiger partial charge in [-0.1, -0.05) is 0 Å². The van der Waals surface area contributed by atoms with Gasteiger partial charge in [0.25, 0.3) is 0 Å². The van der Waals surface area contributed by atoms with E-state index in [-0.39, 0.29) is 0 Å². The molecule has 1 nitrogen and oxygen atoms in total. The Labute approximate surface area is 168 Å². The predicted molar refractivity (Wildman–Crippen MR) is 127 cm³/mol. The third-order valence-electron chi connectivity index (χ3n) is 5.98. The Morgan fingerprint density at radius 2 is 0.857 bits per heavy atom. The molecule has 0 aromatic heterocycles. The minimum absolute atomic E-state index is 1.18. The van der Waals surface area contributed by atoms with Gasteiger partial charge >= 0.3 is 168 Å². The summed E-state index contributed by atoms with van der Waals surface area (Å²) < 4.78 is 0. The van der Waals surface area contributed by atoms with Gasteiger partial charge in [0.1, 0.15) is 0 Å². The van der Waals surface area contributed by atoms with Gasteiger partial charge in [-0.15, -0.1) is 0 Å². The molecule has 0 bridgehead atoms. The molecule has 0 aliphatic heterocycles. The van der Waals surface area contributed by atoms with Crippen molar-refractivity contribution in [2.45, 2.75) is 0 Å². The number of benzene rings is 4. The van der Waals surface area contributed by atoms with E-state index < -0.39 is 6.60 Å². The number of anilines is 1. The molecule has 0 spiro atoms. The van der Waals surface area contributed by atoms with Crippen LogP contribution in [0.5, 0.6) is 0 Å². The van der Waals surface area contributed by atoms with Crippen LogP contribution in [0.4, 0.5) is 5.69 Å². The quantitative estimate of drug-likeness (QED) is 0.500. The van der Waals surface area contributed by atoms with Crippen LogP contribution >= 0.6 is 6.60 Å². The van der Waals surface area contributed by atoms with Crippen LogP contribution in [0.1, 0.15) is 0 Å². The van der Waals surface area contributed by atoms with E-state index in [0.29, 0.717) is 0 Å². The van der Waals surface area contributed by atoms with Crippen molar-refractivity contribution in [2.75, 3.05) is 19.0 Å². The van der Waals surface area contributed by atoms with Gasteiger partial charge in [0.2, 0.25) is 0 Å². The van der Waals surface area contributed by atoms with Gasteiger partial charge in [-0.2, -0.15) is 0 Å². The van der Waals surface area contributed by atoms with Crippen LogP contribution in [-0.2, 0) is 0 Å². The molecule has 0 aliphatic carbocycles. The summed E-state index contributed by atoms with van der Waals surface area (Å²) in [6.07, 6.45) is 0. The summed E-state index contributed by atoms with van der Waals surface area (Å²) in [6, 6.07) is 41.8. The Morgan fingerprint density at radius 1 is 0.500 bits per heavy atom. The van der Waals surface area contributed by atoms with Crippen LogP contribution in [0.15, 0.2) is 115 Å². The van der Waals surface area contributed by atoms with Crippen LogP contribution < -0.4 is 26.5 Å². The average molecular weight is 383 g/mol. The van der Waals surface area contributed by atoms with Crippen molar-refractivity contribution in [1.29, 1.82) is 0 Å². The third kappa shape index (κ3) is 2.58. The number of nitrogens with one attached hydrogen (secondary N) is 1. The second-order valence-electron chi connectivity index (χ2n) is 7.34. The van der Waals surface area contributed by atoms with E-state index in [4.69, 9.17) is 0 Å². The fourth-order valence-corrected chi connectivity index (χ4v) is 10.2. The van der Waals surface area contributed by atoms with Gasteiger partial charge in [0.15, 0.2) is 0 Å². The third-order valence-corrected chi connectivity index (χ3v) is 12.3. The van der Waals surface area contributed by atoms with E-state index in [1.54, 1.807) is 0 Å². The molecule has 28 heavy (non-hydrogen) atoms. The molecule has 0 unspecified atom stereocenters. The maximum absolute atomic E-state index is 3.47. The second-order valence-corrected chi connectivity index (χ2v) is 12.5. The molecule has 4 rings (SSSR count). The molecule has 4 aromatic rings. The summed E-state index contributed by atoms with van der Waals surface area (Å²) in [5.74, 6) is 0. The Balaban J connectivity index is 2.26. The molecule has 0 fully saturated rings. The van der Waals surface area contributed by atoms with E-state index in [9.17, 15) is 0 Å². The molecule has 0 atom stereocenters. The number of para-hydroxylation sites is 1. The molecular weight excluding hydrogens is 357 g/mol. The molecular formula is C26H26NP. The fraction of sp³-hybridized carbons (Fsp3) is 0.0769. The molecule has 2 heteroatoms. The zero-order valence-corrected chi connectivity index (χ0v) is 17.3. The Hall–Kier alpha value is -2.89. The molecule has 0 heterocycles. The van der Waals surface area contributed by atoms with Crippen molar-refractivity contribution in [3.05, 3.63) is 115 Å². The predicted octanol–water partition coefficient (Wildman–Crippen LogP) is 4.51. The number of rotatable bonds is 5. The summed E-state index contributed by atoms with van der Waals surface area (Å²) in [7, 11) is 2.01. The van der Waals surface area contributed by atoms with Gasteiger partial charge in [-0.25, -0.2) is 0 Å². The summed E-state index contributed by atoms with van der Waals surface area (Å²) in [6.45, 7) is -0.462. The van der Waals surface area contributed by atoms with E-state index in [1.807, 2.05) is 7.05 Å². The van der Waals surface area contributed by atoms with Crippen molar-refractivity contribution in [2.24, 2.45) is 0 Å². The van der Waals surface area contributed by atoms with Gasteiger partial charge in [-0.05, 0) is 0 Å². The fourth-order valence-electron chi connectivity index (χ4n) is 4.44. The molecule has 1 N–H and O–H groups in total. The number of hydrogen-bond donors (Lipinski definition) is 1. The van der Waals surface area contributed by atoms with Crippen LogP contribution in [-0.4, -0.2) is 13.7 Å². The molecule has 140 valence electrons. The zero-order chi connectivity index (χ0) is 19.5. The van der Waals surface area contributed by atoms with E-state index >= 15 is 0 Å². The first-order valence-electron chi connectivity index (χ1n) is 9.65. The number of hydrogen-bond acceptors (Lipinski definition) is 1. The minimum atomic E-state index is -2.95. The maximum atomic E-state index is 3.47. The molecule has 4 aromatic carbocycles. The standard InChI is InChI=1S/C26H26NP/c1-27-25-20-12-13-21-26(25)28(2,22-14-6-3-7-15-22,23-16-8-4-9-17-23)24-18-10-5-11-19-24/h3-21,27H,1-2H3. The summed E-state index contributed by atoms with van der Waals surface area (Å²) in [5, 5.41) is 8.94. The SMILES string of the molecule is CNc1ccccc1P(C)(c1ccccc1)(c1ccccc1)c1ccccc1. The monoisotopic (exact) mass is 383 g/mol. The van der Waals surface area contributed by atoms with Crippen molar-refractivity contribution < 1.29 is 0 Å². The Bertz CT molecular complexity index is 960. The Kier molecular flexibility index (Phi) is 4.79. The summed E-state index contributed by atoms with van der Waals surface area (Å²) >= 11 is 0. The molecule has 0 aliphatic rings. The van der Waals surface area contributed by atoms with Gasteiger partial charge in [0.05, 0.1) is 0 Å². The van der Waals surface area contributed by atoms with E-state index in [2.05, 4.69) is 127 Å². The van der Waals surface area contributed by atoms with Crippen molar-refractivity contribution in [3.8, 4) is 0 Å². The van der Waals surface area contributed by atoms with Crippen molar-refractivity contribution in [1.82, 2.24) is 0 Å². The van der Waals surface area contributed by atoms with Gasteiger partial charge in [-0.3, -0.25) is 0 Å². The van der Waals surface area contributed by atoms with Crippen molar-refractivity contribution >= 4 is 33.5 Å². The summed E-state index contributed by atoms with van der Waals surface area (Å²) in [4.78, 5) is 0. The second kappa shape index (κ2) is 7.26. The van der Waals surface area contributed by atoms with Crippen LogP contribution in [0, 0.1) is 0 Å². The van der Waals surface area contributed by atoms with Crippen molar-refractivity contribution in [3.63, 3.8) is 0 Å². The van der Waals surface area contributed by atoms with Gasteiger partial charge < -0.3 is 0 Å². The molecule has 0 radical (unpaired) electrons. The van der Waals surface area contributed by atoms with Crippen LogP contribution in [0.3, 0.4) is 0 Å². The summed E-state index contributed by atoms with van der Waals surface area (Å²) in [5.41, 5.74) is 1.18. The first-order chi connectivity index (χ1) is 13.7. The van der Waals surface area contributed by atoms with Crippen LogP contribution in [0.2, 0.25) is 0 Å². The van der Waals surface area contributed by atoms with Gasteiger partial charge in [0, 0.05) is 0 Å². The average Bonchev–Trinajstić information content (AvgIpc) is 2.80. The first kappa shape index (κ1) is 18.5. The normalized spacial score (nSPS) is 12.7. The molecule has 0 saturated heterocycles. The molecule has 0 saturated carbocycles. The molecule has 0 amide bonds. The van der Waals surface area contributed by atoms with E-state index in [1.165, 1.54) is 26.9 Å². The van der Waals surface area contributed by atoms with E-state index in [0.717, 1.165) is 0 Å². The zero-order valence-electron chi connectivity index (χ0n) is 16.4. The topological polar surface area (TPSA) is 12.0 Å².